The molecule has 0 radical (unpaired) electrons. The summed E-state index contributed by atoms with van der Waals surface area (Å²) in [5.74, 6) is 0.627. The van der Waals surface area contributed by atoms with Gasteiger partial charge in [-0.2, -0.15) is 5.10 Å². The number of hydrogen-bond acceptors (Lipinski definition) is 3. The molecule has 0 aliphatic heterocycles. The highest BCUT2D eigenvalue weighted by molar-refractivity contribution is 14.0. The zero-order valence-electron chi connectivity index (χ0n) is 15.9. The quantitative estimate of drug-likeness (QED) is 0.305. The summed E-state index contributed by atoms with van der Waals surface area (Å²) < 4.78 is 1.85. The van der Waals surface area contributed by atoms with E-state index in [9.17, 15) is 5.11 Å². The summed E-state index contributed by atoms with van der Waals surface area (Å²) in [5.41, 5.74) is 3.82. The van der Waals surface area contributed by atoms with Gasteiger partial charge in [-0.25, -0.2) is 4.99 Å². The van der Waals surface area contributed by atoms with Crippen LogP contribution in [0.25, 0.3) is 0 Å². The van der Waals surface area contributed by atoms with Crippen LogP contribution < -0.4 is 10.6 Å². The van der Waals surface area contributed by atoms with E-state index in [2.05, 4.69) is 20.7 Å². The van der Waals surface area contributed by atoms with Gasteiger partial charge in [0.25, 0.3) is 0 Å². The average molecular weight is 526 g/mol. The van der Waals surface area contributed by atoms with Crippen molar-refractivity contribution in [2.45, 2.75) is 33.4 Å². The maximum Gasteiger partial charge on any atom is 0.191 e. The highest BCUT2D eigenvalue weighted by Gasteiger charge is 2.12. The van der Waals surface area contributed by atoms with Crippen molar-refractivity contribution in [3.63, 3.8) is 0 Å². The molecule has 0 spiro atoms. The van der Waals surface area contributed by atoms with Crippen molar-refractivity contribution in [3.05, 3.63) is 50.8 Å². The van der Waals surface area contributed by atoms with Crippen molar-refractivity contribution in [1.29, 1.82) is 0 Å². The molecule has 0 saturated carbocycles. The van der Waals surface area contributed by atoms with Gasteiger partial charge in [0.15, 0.2) is 5.96 Å². The first-order valence-electron chi connectivity index (χ1n) is 8.47. The number of aromatic nitrogens is 2. The summed E-state index contributed by atoms with van der Waals surface area (Å²) in [5, 5.41) is 22.1. The first kappa shape index (κ1) is 24.0. The second-order valence-electron chi connectivity index (χ2n) is 6.07. The van der Waals surface area contributed by atoms with E-state index in [1.807, 2.05) is 32.5 Å². The molecule has 1 heterocycles. The van der Waals surface area contributed by atoms with Gasteiger partial charge in [-0.15, -0.1) is 24.0 Å². The minimum atomic E-state index is -0.753. The lowest BCUT2D eigenvalue weighted by Crippen LogP contribution is -2.39. The average Bonchev–Trinajstić information content (AvgIpc) is 2.81. The van der Waals surface area contributed by atoms with Crippen molar-refractivity contribution < 1.29 is 5.11 Å². The standard InChI is InChI=1S/C18H25Cl2N5O.HI/c1-5-21-18(22-9-16-11(2)24-25(4)12(16)3)23-10-17(26)13-6-14(19)8-15(20)7-13;/h6-8,17,26H,5,9-10H2,1-4H3,(H2,21,22,23);1H. The Bertz CT molecular complexity index is 774. The third-order valence-electron chi connectivity index (χ3n) is 4.13. The Kier molecular flexibility index (Phi) is 9.86. The molecule has 1 unspecified atom stereocenters. The van der Waals surface area contributed by atoms with E-state index in [1.54, 1.807) is 18.2 Å². The van der Waals surface area contributed by atoms with Crippen LogP contribution in [0.15, 0.2) is 23.2 Å². The molecule has 6 nitrogen and oxygen atoms in total. The van der Waals surface area contributed by atoms with Gasteiger partial charge in [0.1, 0.15) is 0 Å². The van der Waals surface area contributed by atoms with Crippen molar-refractivity contribution >= 4 is 53.1 Å². The molecule has 0 fully saturated rings. The molecule has 0 saturated heterocycles. The zero-order chi connectivity index (χ0) is 19.3. The number of halogens is 3. The van der Waals surface area contributed by atoms with E-state index in [1.165, 1.54) is 0 Å². The highest BCUT2D eigenvalue weighted by atomic mass is 127. The molecule has 9 heteroatoms. The van der Waals surface area contributed by atoms with Crippen LogP contribution in [0.1, 0.15) is 35.5 Å². The molecule has 0 amide bonds. The van der Waals surface area contributed by atoms with E-state index in [0.717, 1.165) is 23.5 Å². The molecule has 2 rings (SSSR count). The monoisotopic (exact) mass is 525 g/mol. The molecule has 1 aromatic heterocycles. The predicted octanol–water partition coefficient (Wildman–Crippen LogP) is 3.75. The number of nitrogens with one attached hydrogen (secondary N) is 2. The van der Waals surface area contributed by atoms with E-state index in [4.69, 9.17) is 23.2 Å². The fraction of sp³-hybridized carbons (Fsp3) is 0.444. The maximum atomic E-state index is 10.4. The van der Waals surface area contributed by atoms with Crippen molar-refractivity contribution in [1.82, 2.24) is 20.4 Å². The number of aliphatic hydroxyl groups excluding tert-OH is 1. The van der Waals surface area contributed by atoms with Gasteiger partial charge in [-0.1, -0.05) is 23.2 Å². The molecule has 2 aromatic rings. The van der Waals surface area contributed by atoms with Crippen molar-refractivity contribution in [3.8, 4) is 0 Å². The summed E-state index contributed by atoms with van der Waals surface area (Å²) >= 11 is 12.0. The lowest BCUT2D eigenvalue weighted by Gasteiger charge is -2.16. The van der Waals surface area contributed by atoms with Crippen LogP contribution in [0.2, 0.25) is 10.0 Å². The van der Waals surface area contributed by atoms with Gasteiger partial charge in [-0.3, -0.25) is 4.68 Å². The minimum Gasteiger partial charge on any atom is -0.387 e. The number of aliphatic hydroxyl groups is 1. The molecular formula is C18H26Cl2IN5O. The van der Waals surface area contributed by atoms with Crippen LogP contribution >= 0.6 is 47.2 Å². The van der Waals surface area contributed by atoms with Crippen LogP contribution in [-0.4, -0.2) is 33.9 Å². The largest absolute Gasteiger partial charge is 0.387 e. The molecule has 0 aliphatic rings. The van der Waals surface area contributed by atoms with Gasteiger partial charge in [-0.05, 0) is 44.5 Å². The summed E-state index contributed by atoms with van der Waals surface area (Å²) in [6.07, 6.45) is -0.753. The van der Waals surface area contributed by atoms with Crippen LogP contribution in [0.5, 0.6) is 0 Å². The fourth-order valence-corrected chi connectivity index (χ4v) is 3.17. The first-order valence-corrected chi connectivity index (χ1v) is 9.22. The smallest absolute Gasteiger partial charge is 0.191 e. The molecular weight excluding hydrogens is 500 g/mol. The number of benzene rings is 1. The first-order chi connectivity index (χ1) is 12.3. The highest BCUT2D eigenvalue weighted by Crippen LogP contribution is 2.23. The Hall–Kier alpha value is -1.03. The lowest BCUT2D eigenvalue weighted by atomic mass is 10.1. The number of rotatable bonds is 6. The third kappa shape index (κ3) is 6.81. The second kappa shape index (κ2) is 11.1. The number of guanidine groups is 1. The molecule has 27 heavy (non-hydrogen) atoms. The van der Waals surface area contributed by atoms with E-state index >= 15 is 0 Å². The second-order valence-corrected chi connectivity index (χ2v) is 6.94. The summed E-state index contributed by atoms with van der Waals surface area (Å²) in [6, 6.07) is 5.04. The van der Waals surface area contributed by atoms with Crippen LogP contribution in [0.4, 0.5) is 0 Å². The Morgan fingerprint density at radius 3 is 2.37 bits per heavy atom. The maximum absolute atomic E-state index is 10.4. The number of aryl methyl sites for hydroxylation is 2. The van der Waals surface area contributed by atoms with Gasteiger partial charge in [0.05, 0.1) is 18.3 Å². The molecule has 1 atom stereocenters. The van der Waals surface area contributed by atoms with Crippen LogP contribution in [-0.2, 0) is 13.6 Å². The molecule has 0 bridgehead atoms. The lowest BCUT2D eigenvalue weighted by molar-refractivity contribution is 0.181. The van der Waals surface area contributed by atoms with Gasteiger partial charge >= 0.3 is 0 Å². The van der Waals surface area contributed by atoms with Crippen LogP contribution in [0, 0.1) is 13.8 Å². The Morgan fingerprint density at radius 2 is 1.85 bits per heavy atom. The van der Waals surface area contributed by atoms with Gasteiger partial charge in [0, 0.05) is 41.4 Å². The predicted molar refractivity (Wildman–Crippen MR) is 122 cm³/mol. The summed E-state index contributed by atoms with van der Waals surface area (Å²) in [4.78, 5) is 4.60. The number of aliphatic imine (C=N–C) groups is 1. The SMILES string of the molecule is CCNC(=NCc1c(C)nn(C)c1C)NCC(O)c1cc(Cl)cc(Cl)c1.I. The summed E-state index contributed by atoms with van der Waals surface area (Å²) in [7, 11) is 1.92. The topological polar surface area (TPSA) is 74.5 Å². The third-order valence-corrected chi connectivity index (χ3v) is 4.57. The summed E-state index contributed by atoms with van der Waals surface area (Å²) in [6.45, 7) is 7.51. The molecule has 0 aliphatic carbocycles. The Labute approximate surface area is 187 Å². The molecule has 1 aromatic carbocycles. The van der Waals surface area contributed by atoms with E-state index in [-0.39, 0.29) is 30.5 Å². The van der Waals surface area contributed by atoms with Crippen molar-refractivity contribution in [2.24, 2.45) is 12.0 Å². The van der Waals surface area contributed by atoms with E-state index < -0.39 is 6.10 Å². The fourth-order valence-electron chi connectivity index (χ4n) is 2.62. The van der Waals surface area contributed by atoms with Gasteiger partial charge in [0.2, 0.25) is 0 Å². The van der Waals surface area contributed by atoms with Crippen LogP contribution in [0.3, 0.4) is 0 Å². The Morgan fingerprint density at radius 1 is 1.22 bits per heavy atom. The number of hydrogen-bond donors (Lipinski definition) is 3. The van der Waals surface area contributed by atoms with Gasteiger partial charge < -0.3 is 15.7 Å². The molecule has 3 N–H and O–H groups in total. The normalized spacial score (nSPS) is 12.5. The van der Waals surface area contributed by atoms with E-state index in [0.29, 0.717) is 28.1 Å². The minimum absolute atomic E-state index is 0. The Balaban J connectivity index is 0.00000364. The van der Waals surface area contributed by atoms with Crippen molar-refractivity contribution in [2.75, 3.05) is 13.1 Å². The molecule has 150 valence electrons. The number of nitrogens with zero attached hydrogens (tertiary/aromatic N) is 3. The zero-order valence-corrected chi connectivity index (χ0v) is 19.7.